The lowest BCUT2D eigenvalue weighted by atomic mass is 10.2. The van der Waals surface area contributed by atoms with Gasteiger partial charge in [-0.15, -0.1) is 11.3 Å². The van der Waals surface area contributed by atoms with Crippen LogP contribution in [0.4, 0.5) is 0 Å². The number of benzene rings is 1. The van der Waals surface area contributed by atoms with Gasteiger partial charge in [0.15, 0.2) is 0 Å². The third-order valence-electron chi connectivity index (χ3n) is 4.16. The highest BCUT2D eigenvalue weighted by Crippen LogP contribution is 2.19. The van der Waals surface area contributed by atoms with Crippen molar-refractivity contribution in [2.24, 2.45) is 0 Å². The molecule has 1 aromatic carbocycles. The Kier molecular flexibility index (Phi) is 5.16. The van der Waals surface area contributed by atoms with Gasteiger partial charge in [-0.3, -0.25) is 4.79 Å². The number of pyridine rings is 1. The molecule has 0 saturated heterocycles. The molecule has 0 spiro atoms. The number of fused-ring (bicyclic) bond motifs is 1. The van der Waals surface area contributed by atoms with E-state index in [2.05, 4.69) is 16.4 Å². The molecule has 3 aromatic heterocycles. The number of para-hydroxylation sites is 1. The number of amides is 1. The molecule has 1 amide bonds. The van der Waals surface area contributed by atoms with Crippen LogP contribution in [0.1, 0.15) is 20.9 Å². The van der Waals surface area contributed by atoms with Crippen molar-refractivity contribution in [3.8, 4) is 5.75 Å². The van der Waals surface area contributed by atoms with Crippen LogP contribution in [-0.4, -0.2) is 21.8 Å². The molecule has 1 N–H and O–H groups in total. The molecule has 136 valence electrons. The fourth-order valence-electron chi connectivity index (χ4n) is 2.84. The number of thiophene rings is 1. The summed E-state index contributed by atoms with van der Waals surface area (Å²) in [5.74, 6) is 0.431. The minimum Gasteiger partial charge on any atom is -0.486 e. The number of ether oxygens (including phenoxy) is 1. The molecule has 0 aliphatic heterocycles. The highest BCUT2D eigenvalue weighted by molar-refractivity contribution is 7.09. The molecule has 0 saturated carbocycles. The number of rotatable bonds is 7. The highest BCUT2D eigenvalue weighted by atomic mass is 32.1. The van der Waals surface area contributed by atoms with E-state index in [1.54, 1.807) is 17.4 Å². The Bertz CT molecular complexity index is 1010. The average Bonchev–Trinajstić information content (AvgIpc) is 3.35. The third-order valence-corrected chi connectivity index (χ3v) is 5.09. The minimum absolute atomic E-state index is 0.128. The van der Waals surface area contributed by atoms with E-state index in [4.69, 9.17) is 4.74 Å². The van der Waals surface area contributed by atoms with Crippen LogP contribution in [0, 0.1) is 0 Å². The zero-order chi connectivity index (χ0) is 18.5. The van der Waals surface area contributed by atoms with E-state index in [-0.39, 0.29) is 5.91 Å². The maximum absolute atomic E-state index is 12.5. The molecular weight excluding hydrogens is 358 g/mol. The molecule has 3 heterocycles. The van der Waals surface area contributed by atoms with Gasteiger partial charge in [0.25, 0.3) is 5.91 Å². The van der Waals surface area contributed by atoms with Gasteiger partial charge >= 0.3 is 0 Å². The number of hydrogen-bond acceptors (Lipinski definition) is 4. The van der Waals surface area contributed by atoms with Crippen LogP contribution < -0.4 is 10.1 Å². The molecule has 0 fully saturated rings. The van der Waals surface area contributed by atoms with Gasteiger partial charge in [0.05, 0.1) is 11.3 Å². The molecule has 0 aliphatic rings. The van der Waals surface area contributed by atoms with Crippen molar-refractivity contribution >= 4 is 22.9 Å². The van der Waals surface area contributed by atoms with E-state index >= 15 is 0 Å². The first-order valence-corrected chi connectivity index (χ1v) is 9.62. The molecule has 27 heavy (non-hydrogen) atoms. The Morgan fingerprint density at radius 1 is 1.11 bits per heavy atom. The molecule has 5 nitrogen and oxygen atoms in total. The molecule has 6 heteroatoms. The quantitative estimate of drug-likeness (QED) is 0.531. The van der Waals surface area contributed by atoms with Gasteiger partial charge in [-0.2, -0.15) is 0 Å². The first-order chi connectivity index (χ1) is 13.3. The van der Waals surface area contributed by atoms with Gasteiger partial charge in [0.1, 0.15) is 18.0 Å². The smallest absolute Gasteiger partial charge is 0.255 e. The number of carbonyl (C=O) groups excluding carboxylic acids is 1. The van der Waals surface area contributed by atoms with E-state index in [0.717, 1.165) is 17.8 Å². The zero-order valence-electron chi connectivity index (χ0n) is 14.7. The maximum Gasteiger partial charge on any atom is 0.255 e. The molecule has 0 atom stereocenters. The highest BCUT2D eigenvalue weighted by Gasteiger charge is 2.12. The van der Waals surface area contributed by atoms with E-state index in [9.17, 15) is 4.79 Å². The van der Waals surface area contributed by atoms with Crippen molar-refractivity contribution < 1.29 is 9.53 Å². The number of imidazole rings is 1. The Morgan fingerprint density at radius 3 is 2.85 bits per heavy atom. The summed E-state index contributed by atoms with van der Waals surface area (Å²) >= 11 is 1.70. The van der Waals surface area contributed by atoms with Crippen LogP contribution in [0.15, 0.2) is 72.4 Å². The fourth-order valence-corrected chi connectivity index (χ4v) is 3.55. The van der Waals surface area contributed by atoms with Crippen LogP contribution >= 0.6 is 11.3 Å². The SMILES string of the molecule is O=C(NCCc1cccs1)c1ccccc1OCc1cn2ccccc2n1. The molecule has 4 aromatic rings. The topological polar surface area (TPSA) is 55.6 Å². The molecule has 0 bridgehead atoms. The van der Waals surface area contributed by atoms with E-state index < -0.39 is 0 Å². The van der Waals surface area contributed by atoms with Crippen LogP contribution in [0.5, 0.6) is 5.75 Å². The predicted molar refractivity (Wildman–Crippen MR) is 106 cm³/mol. The maximum atomic E-state index is 12.5. The summed E-state index contributed by atoms with van der Waals surface area (Å²) in [6, 6.07) is 17.2. The lowest BCUT2D eigenvalue weighted by Gasteiger charge is -2.10. The van der Waals surface area contributed by atoms with Gasteiger partial charge < -0.3 is 14.5 Å². The normalized spacial score (nSPS) is 10.8. The summed E-state index contributed by atoms with van der Waals surface area (Å²) in [4.78, 5) is 18.3. The van der Waals surface area contributed by atoms with Crippen LogP contribution in [0.25, 0.3) is 5.65 Å². The van der Waals surface area contributed by atoms with E-state index in [0.29, 0.717) is 24.5 Å². The second-order valence-corrected chi connectivity index (χ2v) is 7.10. The summed E-state index contributed by atoms with van der Waals surface area (Å²) in [6.45, 7) is 0.904. The van der Waals surface area contributed by atoms with Gasteiger partial charge in [0, 0.05) is 23.8 Å². The van der Waals surface area contributed by atoms with Gasteiger partial charge in [-0.1, -0.05) is 24.3 Å². The van der Waals surface area contributed by atoms with Crippen molar-refractivity contribution in [3.05, 3.63) is 88.5 Å². The first-order valence-electron chi connectivity index (χ1n) is 8.74. The second kappa shape index (κ2) is 8.05. The Morgan fingerprint density at radius 2 is 2.00 bits per heavy atom. The number of nitrogens with zero attached hydrogens (tertiary/aromatic N) is 2. The number of nitrogens with one attached hydrogen (secondary N) is 1. The lowest BCUT2D eigenvalue weighted by molar-refractivity contribution is 0.0949. The Balaban J connectivity index is 1.40. The Hall–Kier alpha value is -3.12. The van der Waals surface area contributed by atoms with Gasteiger partial charge in [0.2, 0.25) is 0 Å². The van der Waals surface area contributed by atoms with Gasteiger partial charge in [-0.05, 0) is 42.1 Å². The monoisotopic (exact) mass is 377 g/mol. The number of carbonyl (C=O) groups is 1. The van der Waals surface area contributed by atoms with Crippen LogP contribution in [0.3, 0.4) is 0 Å². The molecule has 0 aliphatic carbocycles. The van der Waals surface area contributed by atoms with E-state index in [1.807, 2.05) is 64.6 Å². The Labute approximate surface area is 161 Å². The third kappa shape index (κ3) is 4.17. The average molecular weight is 377 g/mol. The van der Waals surface area contributed by atoms with E-state index in [1.165, 1.54) is 4.88 Å². The largest absolute Gasteiger partial charge is 0.486 e. The summed E-state index contributed by atoms with van der Waals surface area (Å²) < 4.78 is 7.84. The van der Waals surface area contributed by atoms with Crippen LogP contribution in [-0.2, 0) is 13.0 Å². The number of aromatic nitrogens is 2. The van der Waals surface area contributed by atoms with Crippen molar-refractivity contribution in [1.82, 2.24) is 14.7 Å². The summed E-state index contributed by atoms with van der Waals surface area (Å²) in [5, 5.41) is 5.01. The van der Waals surface area contributed by atoms with Crippen molar-refractivity contribution in [3.63, 3.8) is 0 Å². The minimum atomic E-state index is -0.128. The van der Waals surface area contributed by atoms with Crippen LogP contribution in [0.2, 0.25) is 0 Å². The fraction of sp³-hybridized carbons (Fsp3) is 0.143. The zero-order valence-corrected chi connectivity index (χ0v) is 15.5. The standard InChI is InChI=1S/C21H19N3O2S/c25-21(22-11-10-17-6-5-13-27-17)18-7-1-2-8-19(18)26-15-16-14-24-12-4-3-9-20(24)23-16/h1-9,12-14H,10-11,15H2,(H,22,25). The second-order valence-electron chi connectivity index (χ2n) is 6.07. The molecule has 0 unspecified atom stereocenters. The van der Waals surface area contributed by atoms with Crippen molar-refractivity contribution in [2.75, 3.05) is 6.54 Å². The van der Waals surface area contributed by atoms with Crippen molar-refractivity contribution in [1.29, 1.82) is 0 Å². The predicted octanol–water partition coefficient (Wildman–Crippen LogP) is 3.95. The molecular formula is C21H19N3O2S. The number of hydrogen-bond donors (Lipinski definition) is 1. The summed E-state index contributed by atoms with van der Waals surface area (Å²) in [5.41, 5.74) is 2.22. The van der Waals surface area contributed by atoms with Gasteiger partial charge in [-0.25, -0.2) is 4.98 Å². The summed E-state index contributed by atoms with van der Waals surface area (Å²) in [7, 11) is 0. The summed E-state index contributed by atoms with van der Waals surface area (Å²) in [6.07, 6.45) is 4.70. The molecule has 4 rings (SSSR count). The first kappa shape index (κ1) is 17.3. The lowest BCUT2D eigenvalue weighted by Crippen LogP contribution is -2.26. The molecule has 0 radical (unpaired) electrons. The van der Waals surface area contributed by atoms with Crippen molar-refractivity contribution in [2.45, 2.75) is 13.0 Å².